The maximum atomic E-state index is 12.6. The zero-order chi connectivity index (χ0) is 14.5. The van der Waals surface area contributed by atoms with Crippen molar-refractivity contribution in [2.45, 2.75) is 18.7 Å². The molecule has 0 saturated carbocycles. The lowest BCUT2D eigenvalue weighted by Crippen LogP contribution is -2.36. The number of aryl methyl sites for hydroxylation is 2. The van der Waals surface area contributed by atoms with Gasteiger partial charge < -0.3 is 9.47 Å². The Kier molecular flexibility index (Phi) is 6.41. The van der Waals surface area contributed by atoms with E-state index in [2.05, 4.69) is 0 Å². The summed E-state index contributed by atoms with van der Waals surface area (Å²) in [6.07, 6.45) is 0. The summed E-state index contributed by atoms with van der Waals surface area (Å²) in [7, 11) is -0.358. The third kappa shape index (κ3) is 4.25. The smallest absolute Gasteiger partial charge is 0.244 e. The predicted molar refractivity (Wildman–Crippen MR) is 76.3 cm³/mol. The van der Waals surface area contributed by atoms with Crippen molar-refractivity contribution in [3.05, 3.63) is 15.8 Å². The molecule has 19 heavy (non-hydrogen) atoms. The van der Waals surface area contributed by atoms with E-state index >= 15 is 0 Å². The Bertz CT molecular complexity index is 488. The van der Waals surface area contributed by atoms with Crippen molar-refractivity contribution in [1.29, 1.82) is 0 Å². The van der Waals surface area contributed by atoms with Gasteiger partial charge in [-0.2, -0.15) is 4.31 Å². The molecule has 0 atom stereocenters. The maximum Gasteiger partial charge on any atom is 0.244 e. The Hall–Kier alpha value is -0.470. The van der Waals surface area contributed by atoms with Gasteiger partial charge in [0.2, 0.25) is 10.0 Å². The highest BCUT2D eigenvalue weighted by atomic mass is 32.2. The molecule has 1 rings (SSSR count). The molecule has 0 amide bonds. The van der Waals surface area contributed by atoms with E-state index in [0.717, 1.165) is 9.75 Å². The van der Waals surface area contributed by atoms with Gasteiger partial charge in [-0.05, 0) is 19.9 Å². The van der Waals surface area contributed by atoms with Crippen LogP contribution < -0.4 is 0 Å². The first kappa shape index (κ1) is 16.6. The Morgan fingerprint density at radius 1 is 1.16 bits per heavy atom. The van der Waals surface area contributed by atoms with Gasteiger partial charge in [0, 0.05) is 37.1 Å². The number of methoxy groups -OCH3 is 2. The number of hydrogen-bond acceptors (Lipinski definition) is 5. The monoisotopic (exact) mass is 307 g/mol. The molecule has 1 heterocycles. The van der Waals surface area contributed by atoms with Gasteiger partial charge >= 0.3 is 0 Å². The minimum Gasteiger partial charge on any atom is -0.383 e. The van der Waals surface area contributed by atoms with Crippen molar-refractivity contribution in [2.75, 3.05) is 40.5 Å². The van der Waals surface area contributed by atoms with Gasteiger partial charge in [0.05, 0.1) is 18.1 Å². The summed E-state index contributed by atoms with van der Waals surface area (Å²) in [6.45, 7) is 5.13. The number of ether oxygens (including phenoxy) is 2. The standard InChI is InChI=1S/C12H21NO4S2/c1-10-9-12(11(2)18-10)19(14,15)13(5-7-16-3)6-8-17-4/h9H,5-8H2,1-4H3. The van der Waals surface area contributed by atoms with E-state index in [-0.39, 0.29) is 0 Å². The maximum absolute atomic E-state index is 12.6. The number of hydrogen-bond donors (Lipinski definition) is 0. The van der Waals surface area contributed by atoms with Crippen LogP contribution in [0.3, 0.4) is 0 Å². The van der Waals surface area contributed by atoms with E-state index in [4.69, 9.17) is 9.47 Å². The SMILES string of the molecule is COCCN(CCOC)S(=O)(=O)c1cc(C)sc1C. The van der Waals surface area contributed by atoms with Gasteiger partial charge in [0.15, 0.2) is 0 Å². The van der Waals surface area contributed by atoms with E-state index in [9.17, 15) is 8.42 Å². The summed E-state index contributed by atoms with van der Waals surface area (Å²) < 4.78 is 36.6. The zero-order valence-corrected chi connectivity index (χ0v) is 13.4. The number of thiophene rings is 1. The van der Waals surface area contributed by atoms with Gasteiger partial charge in [0.25, 0.3) is 0 Å². The minimum atomic E-state index is -3.47. The third-order valence-electron chi connectivity index (χ3n) is 2.70. The van der Waals surface area contributed by atoms with Crippen molar-refractivity contribution in [1.82, 2.24) is 4.31 Å². The fourth-order valence-electron chi connectivity index (χ4n) is 1.74. The zero-order valence-electron chi connectivity index (χ0n) is 11.8. The Balaban J connectivity index is 3.00. The first-order valence-electron chi connectivity index (χ1n) is 5.98. The van der Waals surface area contributed by atoms with Crippen LogP contribution in [-0.2, 0) is 19.5 Å². The normalized spacial score (nSPS) is 12.3. The molecular weight excluding hydrogens is 286 g/mol. The molecule has 110 valence electrons. The van der Waals surface area contributed by atoms with Crippen LogP contribution >= 0.6 is 11.3 Å². The molecule has 0 saturated heterocycles. The summed E-state index contributed by atoms with van der Waals surface area (Å²) in [5.74, 6) is 0. The molecule has 0 fully saturated rings. The Morgan fingerprint density at radius 2 is 1.68 bits per heavy atom. The van der Waals surface area contributed by atoms with Gasteiger partial charge in [-0.25, -0.2) is 8.42 Å². The molecule has 0 aliphatic carbocycles. The molecule has 5 nitrogen and oxygen atoms in total. The molecule has 0 radical (unpaired) electrons. The molecule has 1 aromatic rings. The van der Waals surface area contributed by atoms with Crippen molar-refractivity contribution in [3.63, 3.8) is 0 Å². The van der Waals surface area contributed by atoms with Crippen LogP contribution in [0.1, 0.15) is 9.75 Å². The second-order valence-electron chi connectivity index (χ2n) is 4.17. The van der Waals surface area contributed by atoms with Crippen LogP contribution in [-0.4, -0.2) is 53.2 Å². The van der Waals surface area contributed by atoms with Crippen LogP contribution in [0.4, 0.5) is 0 Å². The van der Waals surface area contributed by atoms with E-state index in [1.54, 1.807) is 20.3 Å². The first-order valence-corrected chi connectivity index (χ1v) is 8.24. The molecule has 0 aliphatic rings. The van der Waals surface area contributed by atoms with Crippen LogP contribution in [0, 0.1) is 13.8 Å². The van der Waals surface area contributed by atoms with Crippen molar-refractivity contribution in [3.8, 4) is 0 Å². The van der Waals surface area contributed by atoms with Gasteiger partial charge in [0.1, 0.15) is 0 Å². The van der Waals surface area contributed by atoms with E-state index in [1.807, 2.05) is 13.8 Å². The quantitative estimate of drug-likeness (QED) is 0.733. The molecule has 7 heteroatoms. The summed E-state index contributed by atoms with van der Waals surface area (Å²) >= 11 is 1.49. The molecule has 0 unspecified atom stereocenters. The number of sulfonamides is 1. The summed E-state index contributed by atoms with van der Waals surface area (Å²) in [4.78, 5) is 2.20. The fourth-order valence-corrected chi connectivity index (χ4v) is 4.67. The molecular formula is C12H21NO4S2. The van der Waals surface area contributed by atoms with Crippen molar-refractivity contribution in [2.24, 2.45) is 0 Å². The largest absolute Gasteiger partial charge is 0.383 e. The summed E-state index contributed by atoms with van der Waals surface area (Å²) in [5.41, 5.74) is 0. The van der Waals surface area contributed by atoms with E-state index in [0.29, 0.717) is 31.2 Å². The lowest BCUT2D eigenvalue weighted by atomic mass is 10.4. The van der Waals surface area contributed by atoms with Gasteiger partial charge in [-0.3, -0.25) is 0 Å². The van der Waals surface area contributed by atoms with Crippen LogP contribution in [0.25, 0.3) is 0 Å². The minimum absolute atomic E-state index is 0.330. The highest BCUT2D eigenvalue weighted by Crippen LogP contribution is 2.27. The highest BCUT2D eigenvalue weighted by molar-refractivity contribution is 7.89. The van der Waals surface area contributed by atoms with Crippen molar-refractivity contribution < 1.29 is 17.9 Å². The molecule has 0 aromatic carbocycles. The lowest BCUT2D eigenvalue weighted by Gasteiger charge is -2.21. The molecule has 0 spiro atoms. The second kappa shape index (κ2) is 7.35. The topological polar surface area (TPSA) is 55.8 Å². The van der Waals surface area contributed by atoms with Crippen LogP contribution in [0.5, 0.6) is 0 Å². The fraction of sp³-hybridized carbons (Fsp3) is 0.667. The lowest BCUT2D eigenvalue weighted by molar-refractivity contribution is 0.150. The predicted octanol–water partition coefficient (Wildman–Crippen LogP) is 1.65. The Labute approximate surface area is 119 Å². The molecule has 0 aliphatic heterocycles. The number of rotatable bonds is 8. The van der Waals surface area contributed by atoms with Crippen LogP contribution in [0.2, 0.25) is 0 Å². The molecule has 0 bridgehead atoms. The van der Waals surface area contributed by atoms with Gasteiger partial charge in [-0.1, -0.05) is 0 Å². The molecule has 1 aromatic heterocycles. The Morgan fingerprint density at radius 3 is 2.05 bits per heavy atom. The number of nitrogens with zero attached hydrogens (tertiary/aromatic N) is 1. The van der Waals surface area contributed by atoms with E-state index in [1.165, 1.54) is 15.6 Å². The second-order valence-corrected chi connectivity index (χ2v) is 7.53. The van der Waals surface area contributed by atoms with Crippen molar-refractivity contribution >= 4 is 21.4 Å². The average Bonchev–Trinajstić information content (AvgIpc) is 2.69. The summed E-state index contributed by atoms with van der Waals surface area (Å²) in [6, 6.07) is 1.72. The summed E-state index contributed by atoms with van der Waals surface area (Å²) in [5, 5.41) is 0. The first-order chi connectivity index (χ1) is 8.93. The van der Waals surface area contributed by atoms with E-state index < -0.39 is 10.0 Å². The average molecular weight is 307 g/mol. The van der Waals surface area contributed by atoms with Crippen LogP contribution in [0.15, 0.2) is 11.0 Å². The molecule has 0 N–H and O–H groups in total. The third-order valence-corrected chi connectivity index (χ3v) is 5.82. The van der Waals surface area contributed by atoms with Gasteiger partial charge in [-0.15, -0.1) is 11.3 Å². The highest BCUT2D eigenvalue weighted by Gasteiger charge is 2.26.